The van der Waals surface area contributed by atoms with Gasteiger partial charge < -0.3 is 9.47 Å². The summed E-state index contributed by atoms with van der Waals surface area (Å²) in [6, 6.07) is 7.66. The van der Waals surface area contributed by atoms with Gasteiger partial charge in [0.1, 0.15) is 16.7 Å². The molecule has 1 aromatic carbocycles. The monoisotopic (exact) mass is 278 g/mol. The normalized spacial score (nSPS) is 10.5. The largest absolute Gasteiger partial charge is 0.439 e. The minimum absolute atomic E-state index is 0.413. The number of nitrogens with zero attached hydrogens (tertiary/aromatic N) is 2. The fraction of sp³-hybridized carbons (Fsp3) is 0.286. The van der Waals surface area contributed by atoms with Gasteiger partial charge in [0.15, 0.2) is 0 Å². The molecule has 4 nitrogen and oxygen atoms in total. The van der Waals surface area contributed by atoms with Gasteiger partial charge in [-0.05, 0) is 31.5 Å². The molecule has 0 N–H and O–H groups in total. The molecule has 0 aliphatic carbocycles. The molecule has 0 aliphatic heterocycles. The van der Waals surface area contributed by atoms with Crippen molar-refractivity contribution in [3.8, 4) is 11.6 Å². The molecule has 2 aromatic rings. The first kappa shape index (κ1) is 13.8. The Hall–Kier alpha value is -1.65. The zero-order valence-corrected chi connectivity index (χ0v) is 11.9. The summed E-state index contributed by atoms with van der Waals surface area (Å²) in [6.45, 7) is 4.15. The van der Waals surface area contributed by atoms with E-state index in [1.54, 1.807) is 14.0 Å². The van der Waals surface area contributed by atoms with Crippen molar-refractivity contribution in [2.45, 2.75) is 20.5 Å². The van der Waals surface area contributed by atoms with Crippen molar-refractivity contribution in [2.24, 2.45) is 0 Å². The van der Waals surface area contributed by atoms with E-state index in [2.05, 4.69) is 9.97 Å². The minimum atomic E-state index is 0.413. The van der Waals surface area contributed by atoms with E-state index in [0.717, 1.165) is 11.1 Å². The number of rotatable bonds is 4. The zero-order valence-electron chi connectivity index (χ0n) is 11.1. The predicted molar refractivity (Wildman–Crippen MR) is 73.7 cm³/mol. The Bertz CT molecular complexity index is 588. The van der Waals surface area contributed by atoms with E-state index in [4.69, 9.17) is 21.1 Å². The summed E-state index contributed by atoms with van der Waals surface area (Å²) in [5, 5.41) is 0.413. The van der Waals surface area contributed by atoms with Gasteiger partial charge in [-0.1, -0.05) is 23.7 Å². The highest BCUT2D eigenvalue weighted by atomic mass is 35.5. The number of hydrogen-bond acceptors (Lipinski definition) is 4. The second-order valence-electron chi connectivity index (χ2n) is 4.17. The number of ether oxygens (including phenoxy) is 2. The van der Waals surface area contributed by atoms with Crippen molar-refractivity contribution in [1.29, 1.82) is 0 Å². The second kappa shape index (κ2) is 5.99. The molecule has 0 saturated carbocycles. The van der Waals surface area contributed by atoms with Crippen LogP contribution in [-0.2, 0) is 11.3 Å². The van der Waals surface area contributed by atoms with Crippen molar-refractivity contribution in [2.75, 3.05) is 7.11 Å². The number of aryl methyl sites for hydroxylation is 1. The predicted octanol–water partition coefficient (Wildman–Crippen LogP) is 3.69. The molecule has 0 radical (unpaired) electrons. The third-order valence-corrected chi connectivity index (χ3v) is 2.95. The number of aromatic nitrogens is 2. The molecule has 0 unspecified atom stereocenters. The zero-order chi connectivity index (χ0) is 13.8. The lowest BCUT2D eigenvalue weighted by atomic mass is 10.2. The van der Waals surface area contributed by atoms with E-state index in [1.807, 2.05) is 31.2 Å². The fourth-order valence-corrected chi connectivity index (χ4v) is 1.85. The average molecular weight is 279 g/mol. The Morgan fingerprint density at radius 2 is 2.00 bits per heavy atom. The van der Waals surface area contributed by atoms with Gasteiger partial charge in [-0.25, -0.2) is 4.98 Å². The van der Waals surface area contributed by atoms with Crippen molar-refractivity contribution in [1.82, 2.24) is 9.97 Å². The highest BCUT2D eigenvalue weighted by molar-refractivity contribution is 6.30. The van der Waals surface area contributed by atoms with Crippen LogP contribution in [0.15, 0.2) is 24.3 Å². The van der Waals surface area contributed by atoms with Crippen molar-refractivity contribution in [3.05, 3.63) is 46.4 Å². The Labute approximate surface area is 117 Å². The summed E-state index contributed by atoms with van der Waals surface area (Å²) in [7, 11) is 1.66. The maximum Gasteiger partial charge on any atom is 0.226 e. The highest BCUT2D eigenvalue weighted by Gasteiger charge is 2.09. The first-order chi connectivity index (χ1) is 9.10. The van der Waals surface area contributed by atoms with Crippen LogP contribution >= 0.6 is 11.6 Å². The molecule has 0 bridgehead atoms. The molecule has 0 fully saturated rings. The lowest BCUT2D eigenvalue weighted by Gasteiger charge is -2.10. The maximum absolute atomic E-state index is 6.02. The van der Waals surface area contributed by atoms with E-state index in [0.29, 0.717) is 29.2 Å². The average Bonchev–Trinajstić information content (AvgIpc) is 2.36. The number of halogens is 1. The lowest BCUT2D eigenvalue weighted by Crippen LogP contribution is -1.98. The van der Waals surface area contributed by atoms with Crippen molar-refractivity contribution >= 4 is 11.6 Å². The highest BCUT2D eigenvalue weighted by Crippen LogP contribution is 2.27. The molecule has 0 aliphatic rings. The van der Waals surface area contributed by atoms with Crippen LogP contribution in [0.4, 0.5) is 0 Å². The summed E-state index contributed by atoms with van der Waals surface area (Å²) >= 11 is 6.02. The third-order valence-electron chi connectivity index (χ3n) is 2.58. The van der Waals surface area contributed by atoms with Gasteiger partial charge in [-0.2, -0.15) is 4.98 Å². The minimum Gasteiger partial charge on any atom is -0.439 e. The second-order valence-corrected chi connectivity index (χ2v) is 4.53. The molecule has 100 valence electrons. The van der Waals surface area contributed by atoms with E-state index in [9.17, 15) is 0 Å². The van der Waals surface area contributed by atoms with Gasteiger partial charge in [-0.15, -0.1) is 0 Å². The van der Waals surface area contributed by atoms with Crippen LogP contribution in [0.2, 0.25) is 5.15 Å². The van der Waals surface area contributed by atoms with Crippen LogP contribution in [0.5, 0.6) is 11.6 Å². The Morgan fingerprint density at radius 1 is 1.21 bits per heavy atom. The maximum atomic E-state index is 6.02. The summed E-state index contributed by atoms with van der Waals surface area (Å²) in [5.41, 5.74) is 1.76. The van der Waals surface area contributed by atoms with Gasteiger partial charge in [0.25, 0.3) is 0 Å². The van der Waals surface area contributed by atoms with Crippen molar-refractivity contribution < 1.29 is 9.47 Å². The van der Waals surface area contributed by atoms with E-state index < -0.39 is 0 Å². The van der Waals surface area contributed by atoms with Gasteiger partial charge in [0.05, 0.1) is 6.61 Å². The van der Waals surface area contributed by atoms with Crippen LogP contribution in [0, 0.1) is 13.8 Å². The molecule has 19 heavy (non-hydrogen) atoms. The molecular formula is C14H15ClN2O2. The number of hydrogen-bond donors (Lipinski definition) is 0. The van der Waals surface area contributed by atoms with E-state index >= 15 is 0 Å². The summed E-state index contributed by atoms with van der Waals surface area (Å²) in [4.78, 5) is 8.33. The summed E-state index contributed by atoms with van der Waals surface area (Å²) < 4.78 is 10.9. The van der Waals surface area contributed by atoms with Gasteiger partial charge in [0, 0.05) is 12.7 Å². The molecule has 0 spiro atoms. The van der Waals surface area contributed by atoms with E-state index in [-0.39, 0.29) is 0 Å². The van der Waals surface area contributed by atoms with Gasteiger partial charge >= 0.3 is 0 Å². The summed E-state index contributed by atoms with van der Waals surface area (Å²) in [6.07, 6.45) is 0. The van der Waals surface area contributed by atoms with Crippen molar-refractivity contribution in [3.63, 3.8) is 0 Å². The molecule has 1 aromatic heterocycles. The quantitative estimate of drug-likeness (QED) is 0.800. The topological polar surface area (TPSA) is 44.2 Å². The fourth-order valence-electron chi connectivity index (χ4n) is 1.65. The number of methoxy groups -OCH3 is 1. The smallest absolute Gasteiger partial charge is 0.226 e. The number of benzene rings is 1. The van der Waals surface area contributed by atoms with Crippen LogP contribution in [0.25, 0.3) is 0 Å². The molecule has 5 heteroatoms. The van der Waals surface area contributed by atoms with Crippen LogP contribution in [-0.4, -0.2) is 17.1 Å². The van der Waals surface area contributed by atoms with E-state index in [1.165, 1.54) is 0 Å². The molecular weight excluding hydrogens is 264 g/mol. The first-order valence-electron chi connectivity index (χ1n) is 5.86. The standard InChI is InChI=1S/C14H15ClN2O2/c1-9-13(15)16-10(2)17-14(9)19-12-6-4-5-11(7-12)8-18-3/h4-7H,8H2,1-3H3. The SMILES string of the molecule is COCc1cccc(Oc2nc(C)nc(Cl)c2C)c1. The molecule has 1 heterocycles. The van der Waals surface area contributed by atoms with Gasteiger partial charge in [-0.3, -0.25) is 0 Å². The molecule has 2 rings (SSSR count). The summed E-state index contributed by atoms with van der Waals surface area (Å²) in [5.74, 6) is 1.76. The molecule has 0 saturated heterocycles. The first-order valence-corrected chi connectivity index (χ1v) is 6.24. The van der Waals surface area contributed by atoms with Gasteiger partial charge in [0.2, 0.25) is 5.88 Å². The van der Waals surface area contributed by atoms with Crippen LogP contribution < -0.4 is 4.74 Å². The Balaban J connectivity index is 2.28. The third kappa shape index (κ3) is 3.43. The molecule has 0 amide bonds. The Morgan fingerprint density at radius 3 is 2.74 bits per heavy atom. The molecule has 0 atom stereocenters. The van der Waals surface area contributed by atoms with Crippen LogP contribution in [0.1, 0.15) is 17.0 Å². The van der Waals surface area contributed by atoms with Crippen LogP contribution in [0.3, 0.4) is 0 Å². The lowest BCUT2D eigenvalue weighted by molar-refractivity contribution is 0.184. The Kier molecular flexibility index (Phi) is 4.35.